The average Bonchev–Trinajstić information content (AvgIpc) is 3.19. The van der Waals surface area contributed by atoms with Gasteiger partial charge < -0.3 is 19.1 Å². The third-order valence-corrected chi connectivity index (χ3v) is 6.74. The van der Waals surface area contributed by atoms with Gasteiger partial charge in [-0.2, -0.15) is 5.26 Å². The van der Waals surface area contributed by atoms with Crippen LogP contribution in [0.5, 0.6) is 0 Å². The lowest BCUT2D eigenvalue weighted by molar-refractivity contribution is -0.126. The number of amides is 1. The van der Waals surface area contributed by atoms with E-state index in [2.05, 4.69) is 23.1 Å². The fraction of sp³-hybridized carbons (Fsp3) is 0.250. The molecule has 36 heavy (non-hydrogen) atoms. The first-order valence-corrected chi connectivity index (χ1v) is 12.0. The second-order valence-corrected chi connectivity index (χ2v) is 9.01. The molecule has 0 atom stereocenters. The lowest BCUT2D eigenvalue weighted by Crippen LogP contribution is -2.49. The largest absolute Gasteiger partial charge is 0.465 e. The van der Waals surface area contributed by atoms with Crippen LogP contribution in [0.3, 0.4) is 0 Å². The number of carbonyl (C=O) groups excluding carboxylic acids is 2. The van der Waals surface area contributed by atoms with Gasteiger partial charge in [0.25, 0.3) is 5.91 Å². The van der Waals surface area contributed by atoms with Crippen LogP contribution < -0.4 is 4.90 Å². The van der Waals surface area contributed by atoms with Crippen molar-refractivity contribution in [3.63, 3.8) is 0 Å². The van der Waals surface area contributed by atoms with Crippen molar-refractivity contribution in [3.8, 4) is 11.8 Å². The number of esters is 1. The summed E-state index contributed by atoms with van der Waals surface area (Å²) in [5, 5.41) is 10.1. The Bertz CT molecular complexity index is 1360. The number of benzene rings is 2. The van der Waals surface area contributed by atoms with E-state index < -0.39 is 5.97 Å². The lowest BCUT2D eigenvalue weighted by atomic mass is 10.1. The second kappa shape index (κ2) is 10.7. The standard InChI is InChI=1S/C28H27ClN4O3/c1-19-15-21(20(2)33(19)24-9-10-25(26(29)17-24)28(35)36-3)16-22(18-30)27(34)32-13-11-31(12-14-32)23-7-5-4-6-8-23/h4-10,15-17H,11-14H2,1-3H3/b22-16-. The molecule has 0 saturated carbocycles. The molecule has 1 aromatic heterocycles. The molecule has 0 aliphatic carbocycles. The minimum absolute atomic E-state index is 0.0995. The van der Waals surface area contributed by atoms with Crippen molar-refractivity contribution in [2.75, 3.05) is 38.2 Å². The lowest BCUT2D eigenvalue weighted by Gasteiger charge is -2.36. The van der Waals surface area contributed by atoms with Crippen LogP contribution in [0.15, 0.2) is 60.2 Å². The molecule has 184 valence electrons. The fourth-order valence-electron chi connectivity index (χ4n) is 4.52. The van der Waals surface area contributed by atoms with Crippen LogP contribution in [0.2, 0.25) is 5.02 Å². The Morgan fingerprint density at radius 2 is 1.69 bits per heavy atom. The molecular formula is C28H27ClN4O3. The highest BCUT2D eigenvalue weighted by molar-refractivity contribution is 6.33. The molecule has 7 nitrogen and oxygen atoms in total. The number of ether oxygens (including phenoxy) is 1. The van der Waals surface area contributed by atoms with E-state index in [1.54, 1.807) is 29.2 Å². The van der Waals surface area contributed by atoms with Crippen molar-refractivity contribution in [2.24, 2.45) is 0 Å². The monoisotopic (exact) mass is 502 g/mol. The van der Waals surface area contributed by atoms with Crippen molar-refractivity contribution in [3.05, 3.63) is 87.7 Å². The summed E-state index contributed by atoms with van der Waals surface area (Å²) in [5.41, 5.74) is 4.81. The summed E-state index contributed by atoms with van der Waals surface area (Å²) in [5.74, 6) is -0.765. The number of hydrogen-bond acceptors (Lipinski definition) is 5. The van der Waals surface area contributed by atoms with Crippen LogP contribution in [0, 0.1) is 25.2 Å². The molecule has 0 spiro atoms. The first kappa shape index (κ1) is 25.1. The zero-order valence-corrected chi connectivity index (χ0v) is 21.2. The highest BCUT2D eigenvalue weighted by Crippen LogP contribution is 2.27. The summed E-state index contributed by atoms with van der Waals surface area (Å²) < 4.78 is 6.73. The molecule has 0 unspecified atom stereocenters. The van der Waals surface area contributed by atoms with Gasteiger partial charge in [0.2, 0.25) is 0 Å². The fourth-order valence-corrected chi connectivity index (χ4v) is 4.78. The molecule has 4 rings (SSSR count). The first-order valence-electron chi connectivity index (χ1n) is 11.6. The van der Waals surface area contributed by atoms with Crippen molar-refractivity contribution in [1.29, 1.82) is 5.26 Å². The van der Waals surface area contributed by atoms with E-state index in [1.165, 1.54) is 7.11 Å². The Labute approximate surface area is 215 Å². The van der Waals surface area contributed by atoms with Crippen LogP contribution in [0.4, 0.5) is 5.69 Å². The number of para-hydroxylation sites is 1. The highest BCUT2D eigenvalue weighted by atomic mass is 35.5. The van der Waals surface area contributed by atoms with E-state index >= 15 is 0 Å². The third-order valence-electron chi connectivity index (χ3n) is 6.43. The zero-order chi connectivity index (χ0) is 25.8. The van der Waals surface area contributed by atoms with E-state index in [0.29, 0.717) is 26.2 Å². The summed E-state index contributed by atoms with van der Waals surface area (Å²) in [6.07, 6.45) is 1.65. The van der Waals surface area contributed by atoms with Gasteiger partial charge in [0, 0.05) is 48.9 Å². The number of rotatable bonds is 5. The van der Waals surface area contributed by atoms with Crippen molar-refractivity contribution in [2.45, 2.75) is 13.8 Å². The number of nitriles is 1. The molecule has 2 heterocycles. The van der Waals surface area contributed by atoms with E-state index in [9.17, 15) is 14.9 Å². The first-order chi connectivity index (χ1) is 17.3. The quantitative estimate of drug-likeness (QED) is 0.285. The normalized spacial score (nSPS) is 13.9. The molecule has 1 fully saturated rings. The number of methoxy groups -OCH3 is 1. The van der Waals surface area contributed by atoms with E-state index in [4.69, 9.17) is 16.3 Å². The Hall–Kier alpha value is -4.02. The predicted octanol–water partition coefficient (Wildman–Crippen LogP) is 4.79. The summed E-state index contributed by atoms with van der Waals surface area (Å²) in [6.45, 7) is 6.38. The van der Waals surface area contributed by atoms with Crippen LogP contribution in [0.25, 0.3) is 11.8 Å². The molecule has 2 aromatic carbocycles. The Balaban J connectivity index is 1.55. The van der Waals surface area contributed by atoms with Crippen LogP contribution in [-0.4, -0.2) is 54.6 Å². The predicted molar refractivity (Wildman–Crippen MR) is 140 cm³/mol. The molecule has 0 N–H and O–H groups in total. The Kier molecular flexibility index (Phi) is 7.47. The molecule has 0 radical (unpaired) electrons. The van der Waals surface area contributed by atoms with Crippen LogP contribution in [0.1, 0.15) is 27.3 Å². The number of aromatic nitrogens is 1. The summed E-state index contributed by atoms with van der Waals surface area (Å²) in [4.78, 5) is 29.0. The van der Waals surface area contributed by atoms with E-state index in [1.807, 2.05) is 42.7 Å². The number of piperazine rings is 1. The molecule has 1 aliphatic rings. The molecule has 1 saturated heterocycles. The SMILES string of the molecule is COC(=O)c1ccc(-n2c(C)cc(/C=C(/C#N)C(=O)N3CCN(c4ccccc4)CC3)c2C)cc1Cl. The molecule has 3 aromatic rings. The van der Waals surface area contributed by atoms with Gasteiger partial charge in [0.15, 0.2) is 0 Å². The third kappa shape index (κ3) is 5.00. The summed E-state index contributed by atoms with van der Waals surface area (Å²) in [7, 11) is 1.31. The van der Waals surface area contributed by atoms with Gasteiger partial charge in [-0.1, -0.05) is 29.8 Å². The Morgan fingerprint density at radius 3 is 2.31 bits per heavy atom. The van der Waals surface area contributed by atoms with Gasteiger partial charge >= 0.3 is 5.97 Å². The number of halogens is 1. The number of anilines is 1. The second-order valence-electron chi connectivity index (χ2n) is 8.60. The van der Waals surface area contributed by atoms with Crippen molar-refractivity contribution in [1.82, 2.24) is 9.47 Å². The number of aryl methyl sites for hydroxylation is 1. The van der Waals surface area contributed by atoms with Gasteiger partial charge in [-0.25, -0.2) is 4.79 Å². The maximum absolute atomic E-state index is 13.2. The van der Waals surface area contributed by atoms with Crippen molar-refractivity contribution < 1.29 is 14.3 Å². The number of carbonyl (C=O) groups is 2. The maximum Gasteiger partial charge on any atom is 0.339 e. The molecule has 8 heteroatoms. The molecule has 1 aliphatic heterocycles. The number of nitrogens with zero attached hydrogens (tertiary/aromatic N) is 4. The van der Waals surface area contributed by atoms with Crippen LogP contribution >= 0.6 is 11.6 Å². The van der Waals surface area contributed by atoms with Gasteiger partial charge in [-0.3, -0.25) is 4.79 Å². The average molecular weight is 503 g/mol. The highest BCUT2D eigenvalue weighted by Gasteiger charge is 2.24. The van der Waals surface area contributed by atoms with Gasteiger partial charge in [0.05, 0.1) is 17.7 Å². The molecule has 1 amide bonds. The summed E-state index contributed by atoms with van der Waals surface area (Å²) >= 11 is 6.33. The van der Waals surface area contributed by atoms with Crippen molar-refractivity contribution >= 4 is 35.2 Å². The Morgan fingerprint density at radius 1 is 1.00 bits per heavy atom. The van der Waals surface area contributed by atoms with E-state index in [-0.39, 0.29) is 22.1 Å². The minimum Gasteiger partial charge on any atom is -0.465 e. The number of hydrogen-bond donors (Lipinski definition) is 0. The van der Waals surface area contributed by atoms with E-state index in [0.717, 1.165) is 28.3 Å². The minimum atomic E-state index is -0.502. The van der Waals surface area contributed by atoms with Gasteiger partial charge in [-0.15, -0.1) is 0 Å². The summed E-state index contributed by atoms with van der Waals surface area (Å²) in [6, 6.07) is 19.2. The van der Waals surface area contributed by atoms with Gasteiger partial charge in [-0.05, 0) is 61.9 Å². The topological polar surface area (TPSA) is 78.6 Å². The smallest absolute Gasteiger partial charge is 0.339 e. The molecule has 0 bridgehead atoms. The van der Waals surface area contributed by atoms with Gasteiger partial charge in [0.1, 0.15) is 11.6 Å². The molecular weight excluding hydrogens is 476 g/mol. The van der Waals surface area contributed by atoms with Crippen LogP contribution in [-0.2, 0) is 9.53 Å². The zero-order valence-electron chi connectivity index (χ0n) is 20.5. The maximum atomic E-state index is 13.2.